The topological polar surface area (TPSA) is 122 Å². The number of carbonyl (C=O) groups is 1. The van der Waals surface area contributed by atoms with Crippen molar-refractivity contribution in [2.45, 2.75) is 32.1 Å². The first-order valence-electron chi connectivity index (χ1n) is 13.9. The van der Waals surface area contributed by atoms with E-state index in [0.717, 1.165) is 65.9 Å². The van der Waals surface area contributed by atoms with Crippen LogP contribution in [0.4, 0.5) is 11.4 Å². The number of anilines is 2. The maximum absolute atomic E-state index is 12.9. The lowest BCUT2D eigenvalue weighted by Gasteiger charge is -2.19. The molecule has 1 fully saturated rings. The van der Waals surface area contributed by atoms with E-state index in [4.69, 9.17) is 0 Å². The highest BCUT2D eigenvalue weighted by Gasteiger charge is 2.27. The molecule has 0 bridgehead atoms. The molecule has 0 radical (unpaired) electrons. The second kappa shape index (κ2) is 17.3. The Bertz CT molecular complexity index is 1320. The quantitative estimate of drug-likeness (QED) is 0.0614. The first-order valence-corrected chi connectivity index (χ1v) is 16.4. The van der Waals surface area contributed by atoms with E-state index in [9.17, 15) is 23.0 Å². The monoisotopic (exact) mass is 614 g/mol. The van der Waals surface area contributed by atoms with E-state index >= 15 is 0 Å². The van der Waals surface area contributed by atoms with Crippen molar-refractivity contribution < 1.29 is 32.4 Å². The molecule has 1 saturated carbocycles. The van der Waals surface area contributed by atoms with Crippen LogP contribution in [-0.2, 0) is 24.3 Å². The predicted molar refractivity (Wildman–Crippen MR) is 166 cm³/mol. The van der Waals surface area contributed by atoms with E-state index in [0.29, 0.717) is 18.7 Å². The van der Waals surface area contributed by atoms with E-state index in [2.05, 4.69) is 50.7 Å². The highest BCUT2D eigenvalue weighted by molar-refractivity contribution is 7.94. The van der Waals surface area contributed by atoms with Crippen molar-refractivity contribution in [2.24, 2.45) is 5.92 Å². The van der Waals surface area contributed by atoms with Crippen LogP contribution in [0.1, 0.15) is 43.2 Å². The molecule has 0 heterocycles. The Kier molecular flexibility index (Phi) is 13.8. The molecule has 42 heavy (non-hydrogen) atoms. The standard InChI is InChI=1S/C31H40N2O7S2/c1-32(21-5-23-41-40-39-35)29-17-11-25(12-18-29)7-3-9-27-15-16-28(31(27)34)10-4-8-26-13-19-30(20-14-26)33(2)22-6-24-42(36,37)38/h3-4,7-8,10-14,17-20,27,35H,5-6,9,15-16,21-24H2,1-2H3,(H,36,37,38)/p-2. The molecule has 2 aromatic carbocycles. The number of Topliss-reactive ketones (excluding diaryl/α,β-unsaturated/α-hetero) is 1. The third-order valence-corrected chi connectivity index (χ3v) is 8.51. The van der Waals surface area contributed by atoms with E-state index < -0.39 is 10.1 Å². The van der Waals surface area contributed by atoms with Gasteiger partial charge in [-0.05, 0) is 73.1 Å². The van der Waals surface area contributed by atoms with Gasteiger partial charge < -0.3 is 19.6 Å². The van der Waals surface area contributed by atoms with Gasteiger partial charge in [0, 0.05) is 68.0 Å². The molecule has 0 aliphatic heterocycles. The Hall–Kier alpha value is -2.93. The largest absolute Gasteiger partial charge is 0.748 e. The number of hydrogen-bond donors (Lipinski definition) is 0. The van der Waals surface area contributed by atoms with Crippen molar-refractivity contribution >= 4 is 51.5 Å². The Labute approximate surface area is 253 Å². The lowest BCUT2D eigenvalue weighted by Crippen LogP contribution is -2.21. The van der Waals surface area contributed by atoms with E-state index in [1.54, 1.807) is 0 Å². The zero-order chi connectivity index (χ0) is 30.4. The predicted octanol–water partition coefficient (Wildman–Crippen LogP) is 4.78. The summed E-state index contributed by atoms with van der Waals surface area (Å²) < 4.78 is 36.6. The highest BCUT2D eigenvalue weighted by Crippen LogP contribution is 2.30. The van der Waals surface area contributed by atoms with Crippen molar-refractivity contribution in [1.82, 2.24) is 0 Å². The van der Waals surface area contributed by atoms with Gasteiger partial charge in [-0.25, -0.2) is 8.42 Å². The molecular formula is C31H38N2O7S2-2. The molecule has 9 nitrogen and oxygen atoms in total. The zero-order valence-corrected chi connectivity index (χ0v) is 25.6. The van der Waals surface area contributed by atoms with E-state index in [1.807, 2.05) is 61.5 Å². The smallest absolute Gasteiger partial charge is 0.162 e. The molecule has 0 aromatic heterocycles. The fourth-order valence-electron chi connectivity index (χ4n) is 4.71. The van der Waals surface area contributed by atoms with Crippen LogP contribution < -0.4 is 15.1 Å². The van der Waals surface area contributed by atoms with Crippen molar-refractivity contribution in [3.05, 3.63) is 83.5 Å². The summed E-state index contributed by atoms with van der Waals surface area (Å²) in [5.41, 5.74) is 4.97. The van der Waals surface area contributed by atoms with Crippen LogP contribution in [0.3, 0.4) is 0 Å². The van der Waals surface area contributed by atoms with Gasteiger partial charge in [0.1, 0.15) is 0 Å². The molecule has 1 unspecified atom stereocenters. The lowest BCUT2D eigenvalue weighted by molar-refractivity contribution is -0.777. The van der Waals surface area contributed by atoms with Crippen molar-refractivity contribution in [1.29, 1.82) is 0 Å². The fourth-order valence-corrected chi connectivity index (χ4v) is 5.55. The number of nitrogens with zero attached hydrogens (tertiary/aromatic N) is 2. The Morgan fingerprint density at radius 1 is 0.952 bits per heavy atom. The first-order chi connectivity index (χ1) is 20.2. The number of hydrogen-bond acceptors (Lipinski definition) is 10. The summed E-state index contributed by atoms with van der Waals surface area (Å²) in [5, 5.41) is 13.1. The maximum atomic E-state index is 12.9. The van der Waals surface area contributed by atoms with Gasteiger partial charge in [0.2, 0.25) is 0 Å². The second-order valence-electron chi connectivity index (χ2n) is 10.2. The van der Waals surface area contributed by atoms with Crippen LogP contribution in [0.5, 0.6) is 0 Å². The molecule has 1 aliphatic carbocycles. The number of ketones is 1. The highest BCUT2D eigenvalue weighted by atomic mass is 32.2. The fraction of sp³-hybridized carbons (Fsp3) is 0.387. The van der Waals surface area contributed by atoms with E-state index in [-0.39, 0.29) is 23.9 Å². The SMILES string of the molecule is CN(CCCSOO[O-])c1ccc(C=CCC2CCC(=CC=Cc3ccc(N(C)CCCS(=O)(=O)[O-])cc3)C2=O)cc1. The molecule has 3 rings (SSSR count). The molecule has 2 aromatic rings. The summed E-state index contributed by atoms with van der Waals surface area (Å²) in [6.45, 7) is 1.30. The first kappa shape index (κ1) is 33.6. The average Bonchev–Trinajstić information content (AvgIpc) is 3.31. The van der Waals surface area contributed by atoms with Crippen LogP contribution in [0.2, 0.25) is 0 Å². The van der Waals surface area contributed by atoms with Gasteiger partial charge >= 0.3 is 0 Å². The lowest BCUT2D eigenvalue weighted by atomic mass is 10.0. The molecule has 0 spiro atoms. The van der Waals surface area contributed by atoms with Gasteiger partial charge in [0.25, 0.3) is 0 Å². The summed E-state index contributed by atoms with van der Waals surface area (Å²) in [7, 11) is -0.315. The normalized spacial score (nSPS) is 16.7. The molecule has 0 N–H and O–H groups in total. The Morgan fingerprint density at radius 3 is 2.14 bits per heavy atom. The molecule has 228 valence electrons. The minimum Gasteiger partial charge on any atom is -0.748 e. The van der Waals surface area contributed by atoms with Gasteiger partial charge in [-0.3, -0.25) is 9.83 Å². The van der Waals surface area contributed by atoms with Crippen LogP contribution in [0.25, 0.3) is 12.2 Å². The zero-order valence-electron chi connectivity index (χ0n) is 24.0. The summed E-state index contributed by atoms with van der Waals surface area (Å²) in [4.78, 5) is 16.9. The molecule has 1 aliphatic rings. The molecule has 0 amide bonds. The van der Waals surface area contributed by atoms with Gasteiger partial charge in [-0.15, -0.1) is 0 Å². The van der Waals surface area contributed by atoms with Crippen LogP contribution in [-0.4, -0.2) is 57.4 Å². The Balaban J connectivity index is 1.42. The number of allylic oxidation sites excluding steroid dienone is 4. The summed E-state index contributed by atoms with van der Waals surface area (Å²) >= 11 is 0.997. The average molecular weight is 615 g/mol. The third kappa shape index (κ3) is 11.7. The van der Waals surface area contributed by atoms with Gasteiger partial charge in [-0.1, -0.05) is 54.6 Å². The van der Waals surface area contributed by atoms with Crippen LogP contribution in [0, 0.1) is 5.92 Å². The van der Waals surface area contributed by atoms with Crippen molar-refractivity contribution in [3.8, 4) is 0 Å². The van der Waals surface area contributed by atoms with Gasteiger partial charge in [-0.2, -0.15) is 4.33 Å². The molecule has 11 heteroatoms. The minimum atomic E-state index is -4.19. The summed E-state index contributed by atoms with van der Waals surface area (Å²) in [5.74, 6) is 0.518. The number of benzene rings is 2. The third-order valence-electron chi connectivity index (χ3n) is 7.12. The summed E-state index contributed by atoms with van der Waals surface area (Å²) in [6.07, 6.45) is 13.4. The minimum absolute atomic E-state index is 0.00610. The molecular weight excluding hydrogens is 576 g/mol. The second-order valence-corrected chi connectivity index (χ2v) is 12.5. The molecule has 0 saturated heterocycles. The van der Waals surface area contributed by atoms with Crippen molar-refractivity contribution in [2.75, 3.05) is 48.5 Å². The maximum Gasteiger partial charge on any atom is 0.162 e. The van der Waals surface area contributed by atoms with Crippen molar-refractivity contribution in [3.63, 3.8) is 0 Å². The van der Waals surface area contributed by atoms with Gasteiger partial charge in [0.05, 0.1) is 10.1 Å². The summed E-state index contributed by atoms with van der Waals surface area (Å²) in [6, 6.07) is 16.1. The van der Waals surface area contributed by atoms with Crippen LogP contribution >= 0.6 is 12.0 Å². The van der Waals surface area contributed by atoms with E-state index in [1.165, 1.54) is 0 Å². The van der Waals surface area contributed by atoms with Gasteiger partial charge in [0.15, 0.2) is 5.78 Å². The number of rotatable bonds is 17. The molecule has 1 atom stereocenters. The van der Waals surface area contributed by atoms with Crippen LogP contribution in [0.15, 0.2) is 72.3 Å². The number of carbonyl (C=O) groups excluding carboxylic acids is 1. The Morgan fingerprint density at radius 2 is 1.55 bits per heavy atom.